The zero-order valence-corrected chi connectivity index (χ0v) is 12.0. The molecule has 0 fully saturated rings. The topological polar surface area (TPSA) is 67.9 Å². The van der Waals surface area contributed by atoms with E-state index in [0.29, 0.717) is 26.3 Å². The molecule has 0 aliphatic carbocycles. The van der Waals surface area contributed by atoms with Gasteiger partial charge in [0.1, 0.15) is 0 Å². The molecule has 0 aromatic heterocycles. The molecular formula is C13H24N2O4. The summed E-state index contributed by atoms with van der Waals surface area (Å²) in [4.78, 5) is 25.0. The zero-order chi connectivity index (χ0) is 14.7. The Morgan fingerprint density at radius 3 is 2.68 bits per heavy atom. The highest BCUT2D eigenvalue weighted by atomic mass is 16.5. The van der Waals surface area contributed by atoms with Gasteiger partial charge in [0.05, 0.1) is 25.8 Å². The van der Waals surface area contributed by atoms with Crippen LogP contribution >= 0.6 is 0 Å². The molecule has 0 heterocycles. The Balaban J connectivity index is 4.37. The van der Waals surface area contributed by atoms with E-state index in [2.05, 4.69) is 11.9 Å². The van der Waals surface area contributed by atoms with Gasteiger partial charge in [-0.15, -0.1) is 6.58 Å². The summed E-state index contributed by atoms with van der Waals surface area (Å²) in [5, 5.41) is 2.74. The molecule has 0 aliphatic heterocycles. The third-order valence-electron chi connectivity index (χ3n) is 2.53. The van der Waals surface area contributed by atoms with Crippen molar-refractivity contribution in [3.05, 3.63) is 12.7 Å². The van der Waals surface area contributed by atoms with Crippen LogP contribution < -0.4 is 5.32 Å². The van der Waals surface area contributed by atoms with Gasteiger partial charge in [-0.05, 0) is 13.8 Å². The number of hydrogen-bond acceptors (Lipinski definition) is 5. The highest BCUT2D eigenvalue weighted by Gasteiger charge is 2.22. The van der Waals surface area contributed by atoms with Gasteiger partial charge in [-0.25, -0.2) is 0 Å². The number of nitrogens with one attached hydrogen (secondary N) is 1. The van der Waals surface area contributed by atoms with Crippen molar-refractivity contribution in [1.29, 1.82) is 0 Å². The van der Waals surface area contributed by atoms with Crippen LogP contribution in [0.3, 0.4) is 0 Å². The molecule has 0 aromatic rings. The molecule has 0 saturated carbocycles. The summed E-state index contributed by atoms with van der Waals surface area (Å²) in [6.07, 6.45) is 1.65. The average molecular weight is 272 g/mol. The van der Waals surface area contributed by atoms with Crippen molar-refractivity contribution < 1.29 is 19.1 Å². The van der Waals surface area contributed by atoms with Crippen LogP contribution in [0.1, 0.15) is 13.8 Å². The molecule has 0 aromatic carbocycles. The first-order valence-corrected chi connectivity index (χ1v) is 6.34. The van der Waals surface area contributed by atoms with Crippen LogP contribution in [-0.4, -0.2) is 62.8 Å². The van der Waals surface area contributed by atoms with E-state index in [4.69, 9.17) is 9.47 Å². The van der Waals surface area contributed by atoms with Crippen molar-refractivity contribution in [1.82, 2.24) is 10.2 Å². The first kappa shape index (κ1) is 17.6. The third-order valence-corrected chi connectivity index (χ3v) is 2.53. The van der Waals surface area contributed by atoms with E-state index in [1.807, 2.05) is 0 Å². The molecule has 1 unspecified atom stereocenters. The molecule has 0 spiro atoms. The summed E-state index contributed by atoms with van der Waals surface area (Å²) in [7, 11) is 1.57. The molecule has 0 aliphatic rings. The minimum absolute atomic E-state index is 0.0682. The quantitative estimate of drug-likeness (QED) is 0.349. The molecule has 19 heavy (non-hydrogen) atoms. The molecule has 0 bridgehead atoms. The predicted octanol–water partition coefficient (Wildman–Crippen LogP) is 0.189. The minimum atomic E-state index is -0.431. The van der Waals surface area contributed by atoms with Crippen LogP contribution in [0.15, 0.2) is 12.7 Å². The number of ether oxygens (including phenoxy) is 2. The maximum absolute atomic E-state index is 11.9. The van der Waals surface area contributed by atoms with Gasteiger partial charge in [-0.2, -0.15) is 0 Å². The summed E-state index contributed by atoms with van der Waals surface area (Å²) in [5.41, 5.74) is 0. The van der Waals surface area contributed by atoms with Gasteiger partial charge in [0.2, 0.25) is 5.91 Å². The highest BCUT2D eigenvalue weighted by molar-refractivity contribution is 5.82. The number of carbonyl (C=O) groups excluding carboxylic acids is 2. The van der Waals surface area contributed by atoms with Gasteiger partial charge in [-0.1, -0.05) is 6.08 Å². The van der Waals surface area contributed by atoms with Gasteiger partial charge in [0.25, 0.3) is 0 Å². The Bertz CT molecular complexity index is 294. The Labute approximate surface area is 114 Å². The molecule has 1 amide bonds. The number of esters is 1. The van der Waals surface area contributed by atoms with Crippen molar-refractivity contribution >= 4 is 11.9 Å². The van der Waals surface area contributed by atoms with Gasteiger partial charge in [0.15, 0.2) is 0 Å². The molecule has 0 rings (SSSR count). The summed E-state index contributed by atoms with van der Waals surface area (Å²) in [6.45, 7) is 8.85. The highest BCUT2D eigenvalue weighted by Crippen LogP contribution is 2.00. The summed E-state index contributed by atoms with van der Waals surface area (Å²) >= 11 is 0. The number of hydrogen-bond donors (Lipinski definition) is 1. The van der Waals surface area contributed by atoms with Gasteiger partial charge < -0.3 is 14.8 Å². The van der Waals surface area contributed by atoms with Crippen LogP contribution in [0.4, 0.5) is 0 Å². The van der Waals surface area contributed by atoms with E-state index in [9.17, 15) is 9.59 Å². The Morgan fingerprint density at radius 1 is 1.47 bits per heavy atom. The van der Waals surface area contributed by atoms with Gasteiger partial charge >= 0.3 is 5.97 Å². The van der Waals surface area contributed by atoms with Crippen molar-refractivity contribution in [2.45, 2.75) is 19.9 Å². The lowest BCUT2D eigenvalue weighted by Crippen LogP contribution is -2.48. The molecule has 0 saturated heterocycles. The van der Waals surface area contributed by atoms with E-state index >= 15 is 0 Å². The predicted molar refractivity (Wildman–Crippen MR) is 72.8 cm³/mol. The van der Waals surface area contributed by atoms with Crippen LogP contribution in [0.2, 0.25) is 0 Å². The first-order valence-electron chi connectivity index (χ1n) is 6.34. The SMILES string of the molecule is C=CCN(CC(=O)OCC)C(C)C(=O)NCCOC. The number of methoxy groups -OCH3 is 1. The van der Waals surface area contributed by atoms with Crippen LogP contribution in [0.5, 0.6) is 0 Å². The van der Waals surface area contributed by atoms with E-state index in [1.54, 1.807) is 31.9 Å². The van der Waals surface area contributed by atoms with Crippen LogP contribution in [-0.2, 0) is 19.1 Å². The van der Waals surface area contributed by atoms with Crippen molar-refractivity contribution in [2.75, 3.05) is 40.0 Å². The largest absolute Gasteiger partial charge is 0.465 e. The normalized spacial score (nSPS) is 12.0. The lowest BCUT2D eigenvalue weighted by Gasteiger charge is -2.26. The minimum Gasteiger partial charge on any atom is -0.465 e. The second-order valence-electron chi connectivity index (χ2n) is 3.98. The molecule has 0 radical (unpaired) electrons. The molecule has 110 valence electrons. The fourth-order valence-electron chi connectivity index (χ4n) is 1.49. The maximum atomic E-state index is 11.9. The third kappa shape index (κ3) is 7.58. The fourth-order valence-corrected chi connectivity index (χ4v) is 1.49. The molecule has 1 atom stereocenters. The first-order chi connectivity index (χ1) is 9.06. The van der Waals surface area contributed by atoms with Crippen molar-refractivity contribution in [3.63, 3.8) is 0 Å². The molecule has 6 nitrogen and oxygen atoms in total. The molecule has 1 N–H and O–H groups in total. The zero-order valence-electron chi connectivity index (χ0n) is 12.0. The van der Waals surface area contributed by atoms with E-state index in [0.717, 1.165) is 0 Å². The Morgan fingerprint density at radius 2 is 2.16 bits per heavy atom. The number of carbonyl (C=O) groups is 2. The van der Waals surface area contributed by atoms with Gasteiger partial charge in [-0.3, -0.25) is 14.5 Å². The Kier molecular flexibility index (Phi) is 9.74. The van der Waals surface area contributed by atoms with E-state index in [-0.39, 0.29) is 18.4 Å². The van der Waals surface area contributed by atoms with E-state index < -0.39 is 6.04 Å². The maximum Gasteiger partial charge on any atom is 0.320 e. The summed E-state index contributed by atoms with van der Waals surface area (Å²) in [5.74, 6) is -0.496. The van der Waals surface area contributed by atoms with Crippen molar-refractivity contribution in [2.24, 2.45) is 0 Å². The fraction of sp³-hybridized carbons (Fsp3) is 0.692. The van der Waals surface area contributed by atoms with Crippen LogP contribution in [0, 0.1) is 0 Å². The second kappa shape index (κ2) is 10.5. The lowest BCUT2D eigenvalue weighted by molar-refractivity contribution is -0.145. The summed E-state index contributed by atoms with van der Waals surface area (Å²) < 4.78 is 9.74. The second-order valence-corrected chi connectivity index (χ2v) is 3.98. The average Bonchev–Trinajstić information content (AvgIpc) is 2.38. The number of rotatable bonds is 10. The van der Waals surface area contributed by atoms with E-state index in [1.165, 1.54) is 0 Å². The standard InChI is InChI=1S/C13H24N2O4/c1-5-8-15(10-12(16)19-6-2)11(3)13(17)14-7-9-18-4/h5,11H,1,6-10H2,2-4H3,(H,14,17). The Hall–Kier alpha value is -1.40. The number of nitrogens with zero attached hydrogens (tertiary/aromatic N) is 1. The molecule has 6 heteroatoms. The van der Waals surface area contributed by atoms with Gasteiger partial charge in [0, 0.05) is 20.2 Å². The van der Waals surface area contributed by atoms with Crippen LogP contribution in [0.25, 0.3) is 0 Å². The van der Waals surface area contributed by atoms with Crippen molar-refractivity contribution in [3.8, 4) is 0 Å². The molecular weight excluding hydrogens is 248 g/mol. The summed E-state index contributed by atoms with van der Waals surface area (Å²) in [6, 6.07) is -0.431. The monoisotopic (exact) mass is 272 g/mol. The number of amides is 1. The lowest BCUT2D eigenvalue weighted by atomic mass is 10.2. The smallest absolute Gasteiger partial charge is 0.320 e.